The van der Waals surface area contributed by atoms with Crippen molar-refractivity contribution in [3.8, 4) is 22.6 Å². The van der Waals surface area contributed by atoms with E-state index in [1.165, 1.54) is 0 Å². The standard InChI is InChI=1S/C19H18O3/c20-15-4-2-1-3-13-6-9-18(21)16(11-13)17-12-14(5-8-15)7-10-19(17)22/h2,4,6-7,9-12,21-22H,1,3,5,8H2/b4-2+. The molecule has 2 aromatic rings. The Bertz CT molecular complexity index is 744. The molecule has 0 fully saturated rings. The van der Waals surface area contributed by atoms with E-state index in [0.29, 0.717) is 24.0 Å². The molecule has 2 aromatic carbocycles. The molecular weight excluding hydrogens is 276 g/mol. The number of phenols is 2. The number of rotatable bonds is 0. The zero-order valence-corrected chi connectivity index (χ0v) is 12.2. The normalized spacial score (nSPS) is 16.3. The Balaban J connectivity index is 2.12. The third kappa shape index (κ3) is 3.03. The van der Waals surface area contributed by atoms with Gasteiger partial charge in [0.1, 0.15) is 11.5 Å². The number of hydrogen-bond donors (Lipinski definition) is 2. The number of carbonyl (C=O) groups excluding carboxylic acids is 1. The lowest BCUT2D eigenvalue weighted by Crippen LogP contribution is -1.96. The van der Waals surface area contributed by atoms with E-state index in [2.05, 4.69) is 0 Å². The highest BCUT2D eigenvalue weighted by Gasteiger charge is 2.12. The predicted molar refractivity (Wildman–Crippen MR) is 86.0 cm³/mol. The molecule has 0 aromatic heterocycles. The van der Waals surface area contributed by atoms with Crippen molar-refractivity contribution >= 4 is 5.78 Å². The molecule has 0 spiro atoms. The predicted octanol–water partition coefficient (Wildman–Crippen LogP) is 3.77. The smallest absolute Gasteiger partial charge is 0.155 e. The molecule has 0 unspecified atom stereocenters. The number of hydrogen-bond acceptors (Lipinski definition) is 3. The van der Waals surface area contributed by atoms with E-state index in [0.717, 1.165) is 24.0 Å². The second-order valence-corrected chi connectivity index (χ2v) is 5.61. The van der Waals surface area contributed by atoms with Gasteiger partial charge < -0.3 is 10.2 Å². The molecule has 22 heavy (non-hydrogen) atoms. The first-order chi connectivity index (χ1) is 10.6. The van der Waals surface area contributed by atoms with E-state index in [1.54, 1.807) is 18.2 Å². The fourth-order valence-corrected chi connectivity index (χ4v) is 2.72. The van der Waals surface area contributed by atoms with Gasteiger partial charge in [-0.25, -0.2) is 0 Å². The largest absolute Gasteiger partial charge is 0.507 e. The van der Waals surface area contributed by atoms with Crippen molar-refractivity contribution in [2.75, 3.05) is 0 Å². The van der Waals surface area contributed by atoms with E-state index in [4.69, 9.17) is 0 Å². The lowest BCUT2D eigenvalue weighted by Gasteiger charge is -2.11. The maximum absolute atomic E-state index is 11.8. The average molecular weight is 294 g/mol. The van der Waals surface area contributed by atoms with E-state index in [-0.39, 0.29) is 17.3 Å². The molecule has 3 nitrogen and oxygen atoms in total. The number of fused-ring (bicyclic) bond motifs is 5. The highest BCUT2D eigenvalue weighted by atomic mass is 16.3. The second kappa shape index (κ2) is 6.06. The van der Waals surface area contributed by atoms with Gasteiger partial charge >= 0.3 is 0 Å². The zero-order chi connectivity index (χ0) is 15.5. The highest BCUT2D eigenvalue weighted by molar-refractivity contribution is 5.89. The molecule has 0 radical (unpaired) electrons. The number of aryl methyl sites for hydroxylation is 2. The summed E-state index contributed by atoms with van der Waals surface area (Å²) in [5, 5.41) is 20.3. The molecule has 1 aliphatic rings. The number of ketones is 1. The van der Waals surface area contributed by atoms with Gasteiger partial charge in [0, 0.05) is 17.5 Å². The Labute approximate surface area is 129 Å². The molecule has 0 amide bonds. The van der Waals surface area contributed by atoms with Gasteiger partial charge in [-0.2, -0.15) is 0 Å². The molecule has 0 atom stereocenters. The van der Waals surface area contributed by atoms with Crippen LogP contribution in [0.2, 0.25) is 0 Å². The summed E-state index contributed by atoms with van der Waals surface area (Å²) in [7, 11) is 0. The van der Waals surface area contributed by atoms with Gasteiger partial charge in [0.2, 0.25) is 0 Å². The van der Waals surface area contributed by atoms with Crippen LogP contribution in [-0.4, -0.2) is 16.0 Å². The van der Waals surface area contributed by atoms with Crippen LogP contribution >= 0.6 is 0 Å². The molecule has 3 heteroatoms. The van der Waals surface area contributed by atoms with Crippen LogP contribution in [0, 0.1) is 0 Å². The third-order valence-electron chi connectivity index (χ3n) is 3.98. The molecular formula is C19H18O3. The Kier molecular flexibility index (Phi) is 3.96. The SMILES string of the molecule is O=C1/C=C/CCc2ccc(O)c(c2)-c2cc(ccc2O)CC1. The fourth-order valence-electron chi connectivity index (χ4n) is 2.72. The summed E-state index contributed by atoms with van der Waals surface area (Å²) in [4.78, 5) is 11.8. The van der Waals surface area contributed by atoms with Gasteiger partial charge in [-0.1, -0.05) is 18.2 Å². The van der Waals surface area contributed by atoms with E-state index >= 15 is 0 Å². The third-order valence-corrected chi connectivity index (χ3v) is 3.98. The Morgan fingerprint density at radius 1 is 0.773 bits per heavy atom. The summed E-state index contributed by atoms with van der Waals surface area (Å²) in [5.74, 6) is 0.400. The van der Waals surface area contributed by atoms with Crippen LogP contribution in [0.1, 0.15) is 24.0 Å². The first kappa shape index (κ1) is 14.4. The first-order valence-electron chi connectivity index (χ1n) is 7.47. The van der Waals surface area contributed by atoms with Gasteiger partial charge in [0.25, 0.3) is 0 Å². The van der Waals surface area contributed by atoms with Crippen molar-refractivity contribution in [2.24, 2.45) is 0 Å². The number of benzene rings is 2. The van der Waals surface area contributed by atoms with Gasteiger partial charge in [-0.3, -0.25) is 4.79 Å². The maximum atomic E-state index is 11.8. The Morgan fingerprint density at radius 3 is 2.00 bits per heavy atom. The molecule has 1 aliphatic carbocycles. The van der Waals surface area contributed by atoms with Crippen LogP contribution in [0.5, 0.6) is 11.5 Å². The summed E-state index contributed by atoms with van der Waals surface area (Å²) >= 11 is 0. The highest BCUT2D eigenvalue weighted by Crippen LogP contribution is 2.37. The summed E-state index contributed by atoms with van der Waals surface area (Å²) < 4.78 is 0. The number of carbonyl (C=O) groups is 1. The van der Waals surface area contributed by atoms with E-state index in [9.17, 15) is 15.0 Å². The van der Waals surface area contributed by atoms with Crippen LogP contribution in [-0.2, 0) is 17.6 Å². The molecule has 0 saturated heterocycles. The molecule has 4 bridgehead atoms. The minimum absolute atomic E-state index is 0.114. The molecule has 0 heterocycles. The number of aromatic hydroxyl groups is 2. The monoisotopic (exact) mass is 294 g/mol. The van der Waals surface area contributed by atoms with Gasteiger partial charge in [0.15, 0.2) is 5.78 Å². The van der Waals surface area contributed by atoms with Crippen LogP contribution in [0.25, 0.3) is 11.1 Å². The average Bonchev–Trinajstić information content (AvgIpc) is 2.52. The first-order valence-corrected chi connectivity index (χ1v) is 7.47. The molecule has 0 aliphatic heterocycles. The fraction of sp³-hybridized carbons (Fsp3) is 0.211. The molecule has 3 rings (SSSR count). The van der Waals surface area contributed by atoms with Crippen molar-refractivity contribution in [1.29, 1.82) is 0 Å². The van der Waals surface area contributed by atoms with Crippen molar-refractivity contribution < 1.29 is 15.0 Å². The minimum atomic E-state index is 0.114. The van der Waals surface area contributed by atoms with Gasteiger partial charge in [-0.15, -0.1) is 0 Å². The van der Waals surface area contributed by atoms with Crippen molar-refractivity contribution in [3.63, 3.8) is 0 Å². The second-order valence-electron chi connectivity index (χ2n) is 5.61. The number of allylic oxidation sites excluding steroid dienone is 2. The van der Waals surface area contributed by atoms with Gasteiger partial charge in [0.05, 0.1) is 0 Å². The Hall–Kier alpha value is -2.55. The minimum Gasteiger partial charge on any atom is -0.507 e. The Morgan fingerprint density at radius 2 is 1.36 bits per heavy atom. The molecule has 2 N–H and O–H groups in total. The molecule has 112 valence electrons. The molecule has 0 saturated carbocycles. The van der Waals surface area contributed by atoms with Gasteiger partial charge in [-0.05, 0) is 60.7 Å². The maximum Gasteiger partial charge on any atom is 0.155 e. The summed E-state index contributed by atoms with van der Waals surface area (Å²) in [6.45, 7) is 0. The lowest BCUT2D eigenvalue weighted by atomic mass is 9.96. The summed E-state index contributed by atoms with van der Waals surface area (Å²) in [6.07, 6.45) is 6.19. The van der Waals surface area contributed by atoms with Crippen molar-refractivity contribution in [3.05, 3.63) is 59.7 Å². The summed E-state index contributed by atoms with van der Waals surface area (Å²) in [5.41, 5.74) is 3.27. The summed E-state index contributed by atoms with van der Waals surface area (Å²) in [6, 6.07) is 10.7. The van der Waals surface area contributed by atoms with Crippen LogP contribution in [0.4, 0.5) is 0 Å². The van der Waals surface area contributed by atoms with Crippen LogP contribution in [0.15, 0.2) is 48.6 Å². The van der Waals surface area contributed by atoms with Crippen LogP contribution < -0.4 is 0 Å². The topological polar surface area (TPSA) is 57.5 Å². The lowest BCUT2D eigenvalue weighted by molar-refractivity contribution is -0.114. The van der Waals surface area contributed by atoms with Crippen molar-refractivity contribution in [2.45, 2.75) is 25.7 Å². The van der Waals surface area contributed by atoms with Crippen molar-refractivity contribution in [1.82, 2.24) is 0 Å². The zero-order valence-electron chi connectivity index (χ0n) is 12.2. The van der Waals surface area contributed by atoms with E-state index in [1.807, 2.05) is 30.3 Å². The van der Waals surface area contributed by atoms with E-state index < -0.39 is 0 Å². The quantitative estimate of drug-likeness (QED) is 0.777. The van der Waals surface area contributed by atoms with Crippen LogP contribution in [0.3, 0.4) is 0 Å². The number of phenolic OH excluding ortho intramolecular Hbond substituents is 2.